The Labute approximate surface area is 149 Å². The summed E-state index contributed by atoms with van der Waals surface area (Å²) in [6.45, 7) is 3.94. The van der Waals surface area contributed by atoms with Gasteiger partial charge in [0.25, 0.3) is 0 Å². The Hall–Kier alpha value is -1.91. The molecule has 0 spiro atoms. The number of Topliss-reactive ketones (excluding diaryl/α,β-unsaturated/α-hetero) is 1. The van der Waals surface area contributed by atoms with E-state index in [1.807, 2.05) is 9.80 Å². The second-order valence-electron chi connectivity index (χ2n) is 7.25. The lowest BCUT2D eigenvalue weighted by molar-refractivity contribution is -0.131. The van der Waals surface area contributed by atoms with E-state index in [1.165, 1.54) is 38.7 Å². The fourth-order valence-electron chi connectivity index (χ4n) is 4.11. The number of carbonyl (C=O) groups excluding carboxylic acids is 2. The van der Waals surface area contributed by atoms with E-state index in [4.69, 9.17) is 0 Å². The zero-order chi connectivity index (χ0) is 17.8. The first-order valence-corrected chi connectivity index (χ1v) is 9.38. The lowest BCUT2D eigenvalue weighted by Gasteiger charge is -2.37. The van der Waals surface area contributed by atoms with Crippen molar-refractivity contribution in [1.29, 1.82) is 0 Å². The Morgan fingerprint density at radius 2 is 1.80 bits per heavy atom. The number of halogens is 1. The summed E-state index contributed by atoms with van der Waals surface area (Å²) in [5.41, 5.74) is 0.800. The van der Waals surface area contributed by atoms with Crippen LogP contribution in [0.15, 0.2) is 18.2 Å². The molecule has 5 heteroatoms. The van der Waals surface area contributed by atoms with Crippen molar-refractivity contribution in [3.05, 3.63) is 29.6 Å². The third-order valence-corrected chi connectivity index (χ3v) is 5.56. The quantitative estimate of drug-likeness (QED) is 0.764. The maximum Gasteiger partial charge on any atom is 0.222 e. The molecule has 1 aliphatic heterocycles. The first-order valence-electron chi connectivity index (χ1n) is 9.38. The lowest BCUT2D eigenvalue weighted by atomic mass is 10.0. The van der Waals surface area contributed by atoms with Crippen molar-refractivity contribution in [2.24, 2.45) is 5.92 Å². The summed E-state index contributed by atoms with van der Waals surface area (Å²) in [6, 6.07) is 4.75. The number of hydrogen-bond donors (Lipinski definition) is 0. The fraction of sp³-hybridized carbons (Fsp3) is 0.600. The maximum absolute atomic E-state index is 14.0. The molecule has 0 unspecified atom stereocenters. The number of piperazine rings is 1. The number of hydrogen-bond acceptors (Lipinski definition) is 3. The molecule has 2 fully saturated rings. The number of amides is 1. The van der Waals surface area contributed by atoms with Crippen LogP contribution in [-0.2, 0) is 4.79 Å². The van der Waals surface area contributed by atoms with Gasteiger partial charge in [-0.2, -0.15) is 0 Å². The van der Waals surface area contributed by atoms with Gasteiger partial charge in [0, 0.05) is 32.6 Å². The second-order valence-corrected chi connectivity index (χ2v) is 7.25. The normalized spacial score (nSPS) is 18.6. The van der Waals surface area contributed by atoms with Crippen molar-refractivity contribution in [2.45, 2.75) is 45.4 Å². The van der Waals surface area contributed by atoms with Crippen LogP contribution in [0.25, 0.3) is 0 Å². The van der Waals surface area contributed by atoms with Gasteiger partial charge in [-0.05, 0) is 31.4 Å². The summed E-state index contributed by atoms with van der Waals surface area (Å²) in [5, 5.41) is 0. The van der Waals surface area contributed by atoms with Crippen LogP contribution in [-0.4, -0.2) is 42.8 Å². The third-order valence-electron chi connectivity index (χ3n) is 5.56. The molecule has 0 N–H and O–H groups in total. The molecule has 1 aromatic carbocycles. The molecule has 0 aromatic heterocycles. The largest absolute Gasteiger partial charge is 0.367 e. The van der Waals surface area contributed by atoms with Crippen LogP contribution in [0.3, 0.4) is 0 Å². The maximum atomic E-state index is 14.0. The van der Waals surface area contributed by atoms with Gasteiger partial charge in [0.2, 0.25) is 5.91 Å². The molecule has 1 aromatic rings. The highest BCUT2D eigenvalue weighted by atomic mass is 19.1. The number of nitrogens with zero attached hydrogens (tertiary/aromatic N) is 2. The van der Waals surface area contributed by atoms with Gasteiger partial charge in [-0.15, -0.1) is 0 Å². The van der Waals surface area contributed by atoms with Gasteiger partial charge in [-0.1, -0.05) is 31.7 Å². The van der Waals surface area contributed by atoms with E-state index in [0.717, 1.165) is 12.3 Å². The standard InChI is InChI=1S/C20H27FN2O2/c1-15(24)20-17(21)7-4-8-18(20)22-11-13-23(14-12-22)19(25)10-9-16-5-2-3-6-16/h4,7-8,16H,2-3,5-6,9-14H2,1H3. The molecule has 1 heterocycles. The smallest absolute Gasteiger partial charge is 0.222 e. The van der Waals surface area contributed by atoms with Crippen molar-refractivity contribution in [3.8, 4) is 0 Å². The molecular weight excluding hydrogens is 319 g/mol. The highest BCUT2D eigenvalue weighted by Gasteiger charge is 2.25. The van der Waals surface area contributed by atoms with Gasteiger partial charge < -0.3 is 9.80 Å². The molecule has 1 saturated carbocycles. The Bertz CT molecular complexity index is 633. The SMILES string of the molecule is CC(=O)c1c(F)cccc1N1CCN(C(=O)CCC2CCCC2)CC1. The molecule has 1 aliphatic carbocycles. The number of anilines is 1. The molecule has 1 saturated heterocycles. The molecule has 4 nitrogen and oxygen atoms in total. The van der Waals surface area contributed by atoms with Gasteiger partial charge in [-0.25, -0.2) is 4.39 Å². The lowest BCUT2D eigenvalue weighted by Crippen LogP contribution is -2.49. The van der Waals surface area contributed by atoms with Gasteiger partial charge in [0.1, 0.15) is 5.82 Å². The Morgan fingerprint density at radius 3 is 2.44 bits per heavy atom. The molecule has 0 radical (unpaired) electrons. The molecule has 136 valence electrons. The van der Waals surface area contributed by atoms with Crippen molar-refractivity contribution in [2.75, 3.05) is 31.1 Å². The predicted octanol–water partition coefficient (Wildman–Crippen LogP) is 3.65. The summed E-state index contributed by atoms with van der Waals surface area (Å²) >= 11 is 0. The highest BCUT2D eigenvalue weighted by molar-refractivity contribution is 6.00. The topological polar surface area (TPSA) is 40.6 Å². The predicted molar refractivity (Wildman–Crippen MR) is 96.4 cm³/mol. The van der Waals surface area contributed by atoms with Crippen molar-refractivity contribution < 1.29 is 14.0 Å². The van der Waals surface area contributed by atoms with Gasteiger partial charge in [0.15, 0.2) is 5.78 Å². The minimum Gasteiger partial charge on any atom is -0.367 e. The highest BCUT2D eigenvalue weighted by Crippen LogP contribution is 2.29. The Kier molecular flexibility index (Phi) is 5.71. The summed E-state index contributed by atoms with van der Waals surface area (Å²) in [6.07, 6.45) is 6.82. The number of carbonyl (C=O) groups is 2. The Balaban J connectivity index is 1.56. The average Bonchev–Trinajstić information content (AvgIpc) is 3.13. The molecule has 0 bridgehead atoms. The van der Waals surface area contributed by atoms with E-state index >= 15 is 0 Å². The molecule has 1 amide bonds. The summed E-state index contributed by atoms with van der Waals surface area (Å²) < 4.78 is 14.0. The first kappa shape index (κ1) is 17.9. The van der Waals surface area contributed by atoms with Crippen molar-refractivity contribution in [1.82, 2.24) is 4.90 Å². The first-order chi connectivity index (χ1) is 12.1. The second kappa shape index (κ2) is 7.98. The summed E-state index contributed by atoms with van der Waals surface area (Å²) in [7, 11) is 0. The monoisotopic (exact) mass is 346 g/mol. The van der Waals surface area contributed by atoms with Crippen LogP contribution in [0.1, 0.15) is 55.8 Å². The average molecular weight is 346 g/mol. The van der Waals surface area contributed by atoms with E-state index in [2.05, 4.69) is 0 Å². The van der Waals surface area contributed by atoms with E-state index in [-0.39, 0.29) is 17.3 Å². The van der Waals surface area contributed by atoms with E-state index in [0.29, 0.717) is 38.3 Å². The van der Waals surface area contributed by atoms with Gasteiger partial charge in [0.05, 0.1) is 11.3 Å². The fourth-order valence-corrected chi connectivity index (χ4v) is 4.11. The van der Waals surface area contributed by atoms with Crippen LogP contribution >= 0.6 is 0 Å². The van der Waals surface area contributed by atoms with Crippen LogP contribution in [0.5, 0.6) is 0 Å². The number of ketones is 1. The Morgan fingerprint density at radius 1 is 1.12 bits per heavy atom. The van der Waals surface area contributed by atoms with Crippen molar-refractivity contribution in [3.63, 3.8) is 0 Å². The van der Waals surface area contributed by atoms with E-state index in [1.54, 1.807) is 12.1 Å². The minimum absolute atomic E-state index is 0.156. The summed E-state index contributed by atoms with van der Waals surface area (Å²) in [5.74, 6) is 0.233. The van der Waals surface area contributed by atoms with Crippen LogP contribution in [0, 0.1) is 11.7 Å². The molecular formula is C20H27FN2O2. The van der Waals surface area contributed by atoms with Crippen LogP contribution in [0.4, 0.5) is 10.1 Å². The number of rotatable bonds is 5. The van der Waals surface area contributed by atoms with E-state index in [9.17, 15) is 14.0 Å². The molecule has 0 atom stereocenters. The van der Waals surface area contributed by atoms with Gasteiger partial charge >= 0.3 is 0 Å². The van der Waals surface area contributed by atoms with Crippen LogP contribution in [0.2, 0.25) is 0 Å². The zero-order valence-electron chi connectivity index (χ0n) is 15.0. The summed E-state index contributed by atoms with van der Waals surface area (Å²) in [4.78, 5) is 28.1. The molecule has 2 aliphatic rings. The minimum atomic E-state index is -0.472. The molecule has 3 rings (SSSR count). The third kappa shape index (κ3) is 4.20. The molecule has 25 heavy (non-hydrogen) atoms. The zero-order valence-corrected chi connectivity index (χ0v) is 15.0. The van der Waals surface area contributed by atoms with Crippen LogP contribution < -0.4 is 4.90 Å². The number of benzene rings is 1. The van der Waals surface area contributed by atoms with Crippen molar-refractivity contribution >= 4 is 17.4 Å². The van der Waals surface area contributed by atoms with Gasteiger partial charge in [-0.3, -0.25) is 9.59 Å². The van der Waals surface area contributed by atoms with E-state index < -0.39 is 5.82 Å².